The predicted octanol–water partition coefficient (Wildman–Crippen LogP) is 3.16. The van der Waals surface area contributed by atoms with E-state index < -0.39 is 17.7 Å². The molecule has 0 radical (unpaired) electrons. The number of piperidine rings is 1. The van der Waals surface area contributed by atoms with Crippen LogP contribution in [0.5, 0.6) is 0 Å². The van der Waals surface area contributed by atoms with Crippen LogP contribution in [0.25, 0.3) is 0 Å². The van der Waals surface area contributed by atoms with Crippen LogP contribution in [-0.2, 0) is 15.7 Å². The van der Waals surface area contributed by atoms with Crippen molar-refractivity contribution in [2.75, 3.05) is 30.4 Å². The maximum atomic E-state index is 12.7. The number of nitrogens with zero attached hydrogens (tertiary/aromatic N) is 1. The Morgan fingerprint density at radius 2 is 1.76 bits per heavy atom. The van der Waals surface area contributed by atoms with Crippen LogP contribution in [0.15, 0.2) is 42.6 Å². The number of hydrogen-bond donors (Lipinski definition) is 1. The second-order valence-electron chi connectivity index (χ2n) is 6.78. The molecule has 154 valence electrons. The lowest BCUT2D eigenvalue weighted by Crippen LogP contribution is -2.40. The molecule has 1 aromatic carbocycles. The first-order chi connectivity index (χ1) is 13.8. The third-order valence-corrected chi connectivity index (χ3v) is 4.90. The molecular formula is C20H21F3N3O3+. The van der Waals surface area contributed by atoms with Crippen LogP contribution in [0, 0.1) is 5.92 Å². The molecule has 9 heteroatoms. The molecule has 0 atom stereocenters. The van der Waals surface area contributed by atoms with Gasteiger partial charge in [0.25, 0.3) is 5.82 Å². The van der Waals surface area contributed by atoms with Gasteiger partial charge in [-0.05, 0) is 43.2 Å². The molecule has 2 aromatic rings. The number of aromatic amines is 1. The maximum absolute atomic E-state index is 12.7. The van der Waals surface area contributed by atoms with Gasteiger partial charge in [-0.3, -0.25) is 9.69 Å². The van der Waals surface area contributed by atoms with Crippen LogP contribution in [0.3, 0.4) is 0 Å². The van der Waals surface area contributed by atoms with Crippen molar-refractivity contribution >= 4 is 23.4 Å². The van der Waals surface area contributed by atoms with Gasteiger partial charge in [0.2, 0.25) is 5.91 Å². The summed E-state index contributed by atoms with van der Waals surface area (Å²) in [6.07, 6.45) is -2.26. The number of hydrogen-bond acceptors (Lipinski definition) is 4. The van der Waals surface area contributed by atoms with Gasteiger partial charge in [0.1, 0.15) is 6.20 Å². The minimum absolute atomic E-state index is 0.119. The first kappa shape index (κ1) is 20.6. The van der Waals surface area contributed by atoms with Crippen LogP contribution in [0.4, 0.5) is 24.7 Å². The van der Waals surface area contributed by atoms with Crippen LogP contribution >= 0.6 is 0 Å². The van der Waals surface area contributed by atoms with Crippen LogP contribution < -0.4 is 15.2 Å². The summed E-state index contributed by atoms with van der Waals surface area (Å²) in [6, 6.07) is 8.87. The number of H-pyrrole nitrogens is 1. The van der Waals surface area contributed by atoms with Crippen LogP contribution in [-0.4, -0.2) is 32.1 Å². The number of amides is 1. The zero-order chi connectivity index (χ0) is 21.0. The van der Waals surface area contributed by atoms with Crippen molar-refractivity contribution in [3.8, 4) is 0 Å². The van der Waals surface area contributed by atoms with E-state index in [1.54, 1.807) is 24.3 Å². The van der Waals surface area contributed by atoms with Gasteiger partial charge in [0, 0.05) is 17.7 Å². The standard InChI is InChI=1S/C20H20F3N3O3/c1-29-19(28)14-2-5-16(6-3-14)25-18(27)13-8-10-26(11-9-13)17-7-4-15(12-24-17)20(21,22)23/h2-7,12-13H,8-11H2,1H3,(H,25,27)/p+1. The van der Waals surface area contributed by atoms with Gasteiger partial charge in [-0.15, -0.1) is 0 Å². The minimum Gasteiger partial charge on any atom is -0.465 e. The zero-order valence-corrected chi connectivity index (χ0v) is 15.8. The highest BCUT2D eigenvalue weighted by molar-refractivity contribution is 5.94. The van der Waals surface area contributed by atoms with E-state index in [9.17, 15) is 22.8 Å². The highest BCUT2D eigenvalue weighted by atomic mass is 19.4. The minimum atomic E-state index is -4.38. The van der Waals surface area contributed by atoms with Crippen LogP contribution in [0.2, 0.25) is 0 Å². The number of ether oxygens (including phenoxy) is 1. The number of esters is 1. The second-order valence-corrected chi connectivity index (χ2v) is 6.78. The van der Waals surface area contributed by atoms with E-state index >= 15 is 0 Å². The fraction of sp³-hybridized carbons (Fsp3) is 0.350. The van der Waals surface area contributed by atoms with Crippen LogP contribution in [0.1, 0.15) is 28.8 Å². The van der Waals surface area contributed by atoms with Crippen molar-refractivity contribution in [3.63, 3.8) is 0 Å². The molecular weight excluding hydrogens is 387 g/mol. The molecule has 0 bridgehead atoms. The quantitative estimate of drug-likeness (QED) is 0.789. The lowest BCUT2D eigenvalue weighted by Gasteiger charge is -2.27. The normalized spacial score (nSPS) is 15.1. The van der Waals surface area contributed by atoms with Gasteiger partial charge < -0.3 is 10.1 Å². The number of nitrogens with one attached hydrogen (secondary N) is 2. The summed E-state index contributed by atoms with van der Waals surface area (Å²) < 4.78 is 42.6. The van der Waals surface area contributed by atoms with Crippen molar-refractivity contribution in [3.05, 3.63) is 53.7 Å². The van der Waals surface area contributed by atoms with E-state index in [4.69, 9.17) is 0 Å². The number of rotatable bonds is 4. The molecule has 0 saturated carbocycles. The Balaban J connectivity index is 1.53. The first-order valence-corrected chi connectivity index (χ1v) is 9.11. The van der Waals surface area contributed by atoms with E-state index in [2.05, 4.69) is 15.0 Å². The number of benzene rings is 1. The lowest BCUT2D eigenvalue weighted by atomic mass is 9.95. The number of halogens is 3. The third-order valence-electron chi connectivity index (χ3n) is 4.90. The van der Waals surface area contributed by atoms with Crippen molar-refractivity contribution in [1.82, 2.24) is 0 Å². The molecule has 0 unspecified atom stereocenters. The summed E-state index contributed by atoms with van der Waals surface area (Å²) in [7, 11) is 1.30. The molecule has 2 heterocycles. The Labute approximate surface area is 165 Å². The number of anilines is 2. The van der Waals surface area contributed by atoms with E-state index in [0.29, 0.717) is 43.0 Å². The Kier molecular flexibility index (Phi) is 6.05. The van der Waals surface area contributed by atoms with E-state index in [0.717, 1.165) is 12.3 Å². The smallest absolute Gasteiger partial charge is 0.419 e. The van der Waals surface area contributed by atoms with Gasteiger partial charge in [-0.25, -0.2) is 9.78 Å². The topological polar surface area (TPSA) is 72.8 Å². The Morgan fingerprint density at radius 3 is 2.28 bits per heavy atom. The molecule has 0 spiro atoms. The molecule has 0 aliphatic carbocycles. The van der Waals surface area contributed by atoms with Crippen molar-refractivity contribution < 1.29 is 32.5 Å². The van der Waals surface area contributed by atoms with Gasteiger partial charge in [-0.2, -0.15) is 13.2 Å². The Morgan fingerprint density at radius 1 is 1.10 bits per heavy atom. The highest BCUT2D eigenvalue weighted by Crippen LogP contribution is 2.29. The summed E-state index contributed by atoms with van der Waals surface area (Å²) in [6.45, 7) is 1.11. The number of alkyl halides is 3. The van der Waals surface area contributed by atoms with Gasteiger partial charge in [-0.1, -0.05) is 0 Å². The number of carbonyl (C=O) groups excluding carboxylic acids is 2. The SMILES string of the molecule is COC(=O)c1ccc(NC(=O)C2CCN(c3ccc(C(F)(F)F)c[nH+]3)CC2)cc1. The summed E-state index contributed by atoms with van der Waals surface area (Å²) in [5, 5.41) is 2.83. The molecule has 29 heavy (non-hydrogen) atoms. The largest absolute Gasteiger partial charge is 0.465 e. The van der Waals surface area contributed by atoms with Gasteiger partial charge >= 0.3 is 12.1 Å². The molecule has 1 amide bonds. The molecule has 2 N–H and O–H groups in total. The molecule has 3 rings (SSSR count). The molecule has 1 saturated heterocycles. The lowest BCUT2D eigenvalue weighted by molar-refractivity contribution is -0.367. The predicted molar refractivity (Wildman–Crippen MR) is 99.3 cm³/mol. The van der Waals surface area contributed by atoms with Crippen molar-refractivity contribution in [2.24, 2.45) is 5.92 Å². The average molecular weight is 408 g/mol. The molecule has 1 aromatic heterocycles. The first-order valence-electron chi connectivity index (χ1n) is 9.11. The molecule has 1 aliphatic rings. The van der Waals surface area contributed by atoms with Crippen molar-refractivity contribution in [1.29, 1.82) is 0 Å². The van der Waals surface area contributed by atoms with Crippen molar-refractivity contribution in [2.45, 2.75) is 19.0 Å². The van der Waals surface area contributed by atoms with E-state index in [1.165, 1.54) is 13.2 Å². The third kappa shape index (κ3) is 5.04. The van der Waals surface area contributed by atoms with E-state index in [1.807, 2.05) is 4.90 Å². The number of carbonyl (C=O) groups is 2. The summed E-state index contributed by atoms with van der Waals surface area (Å²) in [5.74, 6) is -0.168. The fourth-order valence-electron chi connectivity index (χ4n) is 3.22. The molecule has 6 nitrogen and oxygen atoms in total. The summed E-state index contributed by atoms with van der Waals surface area (Å²) in [5.41, 5.74) is 0.251. The Bertz CT molecular complexity index is 859. The van der Waals surface area contributed by atoms with E-state index in [-0.39, 0.29) is 11.8 Å². The summed E-state index contributed by atoms with van der Waals surface area (Å²) >= 11 is 0. The van der Waals surface area contributed by atoms with Gasteiger partial charge in [0.05, 0.1) is 31.3 Å². The zero-order valence-electron chi connectivity index (χ0n) is 15.8. The molecule has 1 aliphatic heterocycles. The monoisotopic (exact) mass is 408 g/mol. The fourth-order valence-corrected chi connectivity index (χ4v) is 3.22. The maximum Gasteiger partial charge on any atom is 0.419 e. The summed E-state index contributed by atoms with van der Waals surface area (Å²) in [4.78, 5) is 28.5. The number of aromatic nitrogens is 1. The number of methoxy groups -OCH3 is 1. The molecule has 1 fully saturated rings. The Hall–Kier alpha value is -3.10. The number of pyridine rings is 1. The van der Waals surface area contributed by atoms with Gasteiger partial charge in [0.15, 0.2) is 0 Å². The highest BCUT2D eigenvalue weighted by Gasteiger charge is 2.33. The average Bonchev–Trinajstić information content (AvgIpc) is 2.73. The second kappa shape index (κ2) is 8.50.